The molecule has 2 amide bonds. The van der Waals surface area contributed by atoms with Gasteiger partial charge in [0.1, 0.15) is 0 Å². The molecule has 0 bridgehead atoms. The van der Waals surface area contributed by atoms with E-state index in [0.717, 1.165) is 24.0 Å². The van der Waals surface area contributed by atoms with Crippen molar-refractivity contribution in [3.63, 3.8) is 0 Å². The van der Waals surface area contributed by atoms with Crippen LogP contribution >= 0.6 is 0 Å². The first-order chi connectivity index (χ1) is 16.5. The fraction of sp³-hybridized carbons (Fsp3) is 0.481. The smallest absolute Gasteiger partial charge is 0.241 e. The summed E-state index contributed by atoms with van der Waals surface area (Å²) in [5.41, 5.74) is 1.81. The molecule has 1 spiro atoms. The number of nitrogens with zero attached hydrogens (tertiary/aromatic N) is 2. The molecular weight excluding hydrogens is 430 g/mol. The normalized spacial score (nSPS) is 19.5. The van der Waals surface area contributed by atoms with E-state index in [1.165, 1.54) is 0 Å². The third kappa shape index (κ3) is 4.89. The fourth-order valence-corrected chi connectivity index (χ4v) is 5.22. The molecule has 2 aromatic carbocycles. The molecule has 0 saturated carbocycles. The van der Waals surface area contributed by atoms with Gasteiger partial charge < -0.3 is 19.3 Å². The van der Waals surface area contributed by atoms with E-state index in [1.54, 1.807) is 14.2 Å². The summed E-state index contributed by atoms with van der Waals surface area (Å²) in [6, 6.07) is 15.8. The summed E-state index contributed by atoms with van der Waals surface area (Å²) in [4.78, 5) is 29.8. The molecule has 1 N–H and O–H groups in total. The van der Waals surface area contributed by atoms with E-state index >= 15 is 0 Å². The number of nitrogens with one attached hydrogen (secondary N) is 1. The zero-order valence-corrected chi connectivity index (χ0v) is 20.4. The molecule has 4 rings (SSSR count). The van der Waals surface area contributed by atoms with E-state index in [2.05, 4.69) is 17.4 Å². The molecule has 34 heavy (non-hydrogen) atoms. The Hall–Kier alpha value is -3.06. The summed E-state index contributed by atoms with van der Waals surface area (Å²) in [6.07, 6.45) is 3.36. The van der Waals surface area contributed by atoms with Crippen LogP contribution in [0.2, 0.25) is 0 Å². The Bertz CT molecular complexity index is 1000. The first-order valence-electron chi connectivity index (χ1n) is 12.1. The molecule has 2 fully saturated rings. The molecule has 7 nitrogen and oxygen atoms in total. The lowest BCUT2D eigenvalue weighted by Crippen LogP contribution is -2.59. The van der Waals surface area contributed by atoms with Crippen LogP contribution in [0.25, 0.3) is 0 Å². The highest BCUT2D eigenvalue weighted by Crippen LogP contribution is 2.34. The van der Waals surface area contributed by atoms with Crippen molar-refractivity contribution in [2.24, 2.45) is 0 Å². The number of likely N-dealkylation sites (tertiary alicyclic amines) is 1. The summed E-state index contributed by atoms with van der Waals surface area (Å²) in [5, 5.41) is 3.70. The van der Waals surface area contributed by atoms with Crippen LogP contribution in [-0.2, 0) is 22.4 Å². The first-order valence-corrected chi connectivity index (χ1v) is 12.1. The van der Waals surface area contributed by atoms with Gasteiger partial charge in [0, 0.05) is 38.9 Å². The van der Waals surface area contributed by atoms with Crippen LogP contribution in [-0.4, -0.2) is 67.2 Å². The molecule has 0 aromatic heterocycles. The van der Waals surface area contributed by atoms with Gasteiger partial charge in [-0.15, -0.1) is 0 Å². The Morgan fingerprint density at radius 1 is 1.03 bits per heavy atom. The highest BCUT2D eigenvalue weighted by atomic mass is 16.5. The van der Waals surface area contributed by atoms with Crippen LogP contribution in [0.3, 0.4) is 0 Å². The number of hydrogen-bond acceptors (Lipinski definition) is 5. The lowest BCUT2D eigenvalue weighted by Gasteiger charge is -2.44. The molecule has 2 aromatic rings. The molecule has 2 saturated heterocycles. The minimum absolute atomic E-state index is 0.139. The maximum Gasteiger partial charge on any atom is 0.241 e. The number of rotatable bonds is 8. The predicted molar refractivity (Wildman–Crippen MR) is 131 cm³/mol. The maximum atomic E-state index is 13.6. The van der Waals surface area contributed by atoms with E-state index < -0.39 is 5.66 Å². The van der Waals surface area contributed by atoms with Crippen LogP contribution in [0.15, 0.2) is 48.5 Å². The third-order valence-electron chi connectivity index (χ3n) is 7.12. The van der Waals surface area contributed by atoms with E-state index in [4.69, 9.17) is 9.47 Å². The van der Waals surface area contributed by atoms with E-state index in [-0.39, 0.29) is 17.9 Å². The summed E-state index contributed by atoms with van der Waals surface area (Å²) < 4.78 is 10.8. The molecule has 182 valence electrons. The second-order valence-corrected chi connectivity index (χ2v) is 9.08. The van der Waals surface area contributed by atoms with Gasteiger partial charge in [-0.1, -0.05) is 43.3 Å². The van der Waals surface area contributed by atoms with Crippen molar-refractivity contribution in [2.75, 3.05) is 33.9 Å². The number of carbonyl (C=O) groups is 2. The van der Waals surface area contributed by atoms with E-state index in [1.807, 2.05) is 53.1 Å². The third-order valence-corrected chi connectivity index (χ3v) is 7.12. The Morgan fingerprint density at radius 2 is 1.74 bits per heavy atom. The average molecular weight is 466 g/mol. The first kappa shape index (κ1) is 24.1. The van der Waals surface area contributed by atoms with Gasteiger partial charge in [0.05, 0.1) is 25.9 Å². The number of amides is 2. The number of ether oxygens (including phenoxy) is 2. The van der Waals surface area contributed by atoms with Gasteiger partial charge in [-0.2, -0.15) is 0 Å². The number of methoxy groups -OCH3 is 2. The number of hydrogen-bond donors (Lipinski definition) is 1. The molecule has 1 atom stereocenters. The number of carbonyl (C=O) groups excluding carboxylic acids is 2. The van der Waals surface area contributed by atoms with Crippen molar-refractivity contribution in [2.45, 2.75) is 50.7 Å². The standard InChI is InChI=1S/C27H35N3O4/c1-4-25(31)29-16-13-27(14-17-29)28-22(18-20-8-6-5-7-9-20)26(32)30(27)15-12-21-10-11-23(33-2)24(19-21)34-3/h5-11,19,22,28H,4,12-18H2,1-3H3/t22-/m1/s1. The molecule has 0 radical (unpaired) electrons. The highest BCUT2D eigenvalue weighted by molar-refractivity contribution is 5.85. The Balaban J connectivity index is 1.53. The topological polar surface area (TPSA) is 71.1 Å². The van der Waals surface area contributed by atoms with Gasteiger partial charge in [-0.25, -0.2) is 0 Å². The Morgan fingerprint density at radius 3 is 2.38 bits per heavy atom. The van der Waals surface area contributed by atoms with Crippen molar-refractivity contribution in [1.82, 2.24) is 15.1 Å². The molecule has 2 heterocycles. The van der Waals surface area contributed by atoms with E-state index in [9.17, 15) is 9.59 Å². The van der Waals surface area contributed by atoms with Crippen LogP contribution in [0, 0.1) is 0 Å². The van der Waals surface area contributed by atoms with Crippen molar-refractivity contribution in [1.29, 1.82) is 0 Å². The lowest BCUT2D eigenvalue weighted by molar-refractivity contribution is -0.136. The quantitative estimate of drug-likeness (QED) is 0.649. The van der Waals surface area contributed by atoms with Gasteiger partial charge in [0.15, 0.2) is 11.5 Å². The summed E-state index contributed by atoms with van der Waals surface area (Å²) in [5.74, 6) is 1.70. The zero-order chi connectivity index (χ0) is 24.1. The molecule has 0 unspecified atom stereocenters. The zero-order valence-electron chi connectivity index (χ0n) is 20.4. The van der Waals surface area contributed by atoms with Gasteiger partial charge in [-0.3, -0.25) is 14.9 Å². The van der Waals surface area contributed by atoms with Crippen molar-refractivity contribution < 1.29 is 19.1 Å². The van der Waals surface area contributed by atoms with Crippen LogP contribution in [0.1, 0.15) is 37.3 Å². The van der Waals surface area contributed by atoms with Crippen LogP contribution in [0.4, 0.5) is 0 Å². The van der Waals surface area contributed by atoms with Gasteiger partial charge >= 0.3 is 0 Å². The van der Waals surface area contributed by atoms with Crippen molar-refractivity contribution in [3.8, 4) is 11.5 Å². The molecule has 0 aliphatic carbocycles. The number of benzene rings is 2. The highest BCUT2D eigenvalue weighted by Gasteiger charge is 2.51. The van der Waals surface area contributed by atoms with E-state index in [0.29, 0.717) is 50.4 Å². The molecule has 2 aliphatic heterocycles. The van der Waals surface area contributed by atoms with Gasteiger partial charge in [0.25, 0.3) is 0 Å². The summed E-state index contributed by atoms with van der Waals surface area (Å²) in [7, 11) is 3.25. The van der Waals surface area contributed by atoms with Gasteiger partial charge in [-0.05, 0) is 36.1 Å². The largest absolute Gasteiger partial charge is 0.493 e. The second kappa shape index (κ2) is 10.5. The summed E-state index contributed by atoms with van der Waals surface area (Å²) >= 11 is 0. The molecular formula is C27H35N3O4. The number of piperidine rings is 1. The van der Waals surface area contributed by atoms with Gasteiger partial charge in [0.2, 0.25) is 11.8 Å². The Labute approximate surface area is 202 Å². The van der Waals surface area contributed by atoms with Crippen LogP contribution in [0.5, 0.6) is 11.5 Å². The van der Waals surface area contributed by atoms with Crippen LogP contribution < -0.4 is 14.8 Å². The summed E-state index contributed by atoms with van der Waals surface area (Å²) in [6.45, 7) is 3.83. The fourth-order valence-electron chi connectivity index (χ4n) is 5.22. The Kier molecular flexibility index (Phi) is 7.41. The average Bonchev–Trinajstić information content (AvgIpc) is 3.12. The maximum absolute atomic E-state index is 13.6. The minimum atomic E-state index is -0.419. The SMILES string of the molecule is CCC(=O)N1CCC2(CC1)N[C@H](Cc1ccccc1)C(=O)N2CCc1ccc(OC)c(OC)c1. The molecule has 2 aliphatic rings. The predicted octanol–water partition coefficient (Wildman–Crippen LogP) is 3.02. The molecule has 7 heteroatoms. The van der Waals surface area contributed by atoms with Crippen molar-refractivity contribution in [3.05, 3.63) is 59.7 Å². The minimum Gasteiger partial charge on any atom is -0.493 e. The monoisotopic (exact) mass is 465 g/mol. The van der Waals surface area contributed by atoms with Crippen molar-refractivity contribution >= 4 is 11.8 Å². The second-order valence-electron chi connectivity index (χ2n) is 9.08. The lowest BCUT2D eigenvalue weighted by atomic mass is 9.95.